The van der Waals surface area contributed by atoms with Crippen molar-refractivity contribution in [2.24, 2.45) is 0 Å². The summed E-state index contributed by atoms with van der Waals surface area (Å²) in [6.07, 6.45) is -0.204. The first-order chi connectivity index (χ1) is 11.0. The maximum absolute atomic E-state index is 11.9. The first-order valence-electron chi connectivity index (χ1n) is 6.76. The Morgan fingerprint density at radius 1 is 1.13 bits per heavy atom. The van der Waals surface area contributed by atoms with Crippen LogP contribution in [-0.4, -0.2) is 16.8 Å². The van der Waals surface area contributed by atoms with E-state index in [9.17, 15) is 19.7 Å². The molecular formula is C16H14N2O5. The van der Waals surface area contributed by atoms with Crippen molar-refractivity contribution in [3.8, 4) is 5.75 Å². The van der Waals surface area contributed by atoms with Crippen LogP contribution in [0.4, 0.5) is 11.4 Å². The molecular weight excluding hydrogens is 300 g/mol. The van der Waals surface area contributed by atoms with Crippen molar-refractivity contribution in [1.82, 2.24) is 0 Å². The van der Waals surface area contributed by atoms with Gasteiger partial charge in [0, 0.05) is 24.2 Å². The molecule has 118 valence electrons. The number of benzene rings is 2. The van der Waals surface area contributed by atoms with E-state index in [1.165, 1.54) is 37.3 Å². The number of esters is 1. The van der Waals surface area contributed by atoms with E-state index >= 15 is 0 Å². The monoisotopic (exact) mass is 314 g/mol. The minimum Gasteiger partial charge on any atom is -0.426 e. The average molecular weight is 314 g/mol. The van der Waals surface area contributed by atoms with E-state index in [1.807, 2.05) is 0 Å². The summed E-state index contributed by atoms with van der Waals surface area (Å²) < 4.78 is 5.14. The Kier molecular flexibility index (Phi) is 5.03. The van der Waals surface area contributed by atoms with E-state index in [0.717, 1.165) is 0 Å². The van der Waals surface area contributed by atoms with Gasteiger partial charge >= 0.3 is 5.97 Å². The van der Waals surface area contributed by atoms with Gasteiger partial charge in [-0.15, -0.1) is 0 Å². The summed E-state index contributed by atoms with van der Waals surface area (Å²) in [6.45, 7) is 1.39. The van der Waals surface area contributed by atoms with E-state index < -0.39 is 10.9 Å². The largest absolute Gasteiger partial charge is 0.426 e. The van der Waals surface area contributed by atoms with Crippen LogP contribution in [0.3, 0.4) is 0 Å². The molecule has 0 saturated carbocycles. The number of rotatable bonds is 5. The Morgan fingerprint density at radius 3 is 2.39 bits per heavy atom. The van der Waals surface area contributed by atoms with Gasteiger partial charge in [0.25, 0.3) is 5.69 Å². The Morgan fingerprint density at radius 2 is 1.78 bits per heavy atom. The number of ether oxygens (including phenoxy) is 1. The molecule has 0 saturated heterocycles. The number of nitrogens with one attached hydrogen (secondary N) is 1. The van der Waals surface area contributed by atoms with Crippen molar-refractivity contribution in [2.75, 3.05) is 5.32 Å². The average Bonchev–Trinajstić information content (AvgIpc) is 2.49. The molecule has 0 aromatic heterocycles. The fourth-order valence-electron chi connectivity index (χ4n) is 1.97. The van der Waals surface area contributed by atoms with E-state index in [0.29, 0.717) is 11.4 Å². The van der Waals surface area contributed by atoms with Crippen LogP contribution in [0.2, 0.25) is 0 Å². The molecule has 0 heterocycles. The molecule has 2 aromatic carbocycles. The van der Waals surface area contributed by atoms with Crippen LogP contribution in [0.1, 0.15) is 12.5 Å². The number of carbonyl (C=O) groups is 2. The van der Waals surface area contributed by atoms with E-state index in [1.54, 1.807) is 18.2 Å². The number of hydrogen-bond acceptors (Lipinski definition) is 5. The molecule has 2 aromatic rings. The summed E-state index contributed by atoms with van der Waals surface area (Å²) in [6, 6.07) is 12.3. The van der Waals surface area contributed by atoms with Crippen molar-refractivity contribution < 1.29 is 19.2 Å². The van der Waals surface area contributed by atoms with E-state index in [2.05, 4.69) is 5.32 Å². The number of carbonyl (C=O) groups excluding carboxylic acids is 2. The first kappa shape index (κ1) is 16.2. The third-order valence-electron chi connectivity index (χ3n) is 2.93. The van der Waals surface area contributed by atoms with Crippen LogP contribution in [-0.2, 0) is 16.0 Å². The molecule has 0 bridgehead atoms. The van der Waals surface area contributed by atoms with Crippen molar-refractivity contribution in [2.45, 2.75) is 13.3 Å². The molecule has 0 aliphatic carbocycles. The van der Waals surface area contributed by atoms with E-state index in [4.69, 9.17) is 4.74 Å². The lowest BCUT2D eigenvalue weighted by atomic mass is 10.1. The summed E-state index contributed by atoms with van der Waals surface area (Å²) in [7, 11) is 0. The predicted octanol–water partition coefficient (Wildman–Crippen LogP) is 2.70. The molecule has 7 nitrogen and oxygen atoms in total. The number of para-hydroxylation sites is 1. The smallest absolute Gasteiger partial charge is 0.315 e. The van der Waals surface area contributed by atoms with Crippen molar-refractivity contribution in [3.05, 3.63) is 64.2 Å². The minimum absolute atomic E-state index is 0.120. The molecule has 1 amide bonds. The Bertz CT molecular complexity index is 740. The standard InChI is InChI=1S/C16H14N2O5/c1-11(19)17-13-6-8-14(9-7-13)23-16(20)10-12-4-2-3-5-15(12)18(21)22/h2-9H,10H2,1H3,(H,17,19). The van der Waals surface area contributed by atoms with Gasteiger partial charge in [0.1, 0.15) is 5.75 Å². The number of nitrogens with zero attached hydrogens (tertiary/aromatic N) is 1. The topological polar surface area (TPSA) is 98.5 Å². The second kappa shape index (κ2) is 7.17. The lowest BCUT2D eigenvalue weighted by Gasteiger charge is -2.06. The zero-order chi connectivity index (χ0) is 16.8. The summed E-state index contributed by atoms with van der Waals surface area (Å²) in [5.41, 5.74) is 0.749. The molecule has 0 unspecified atom stereocenters. The van der Waals surface area contributed by atoms with Crippen LogP contribution < -0.4 is 10.1 Å². The van der Waals surface area contributed by atoms with Crippen LogP contribution in [0.25, 0.3) is 0 Å². The van der Waals surface area contributed by atoms with Gasteiger partial charge < -0.3 is 10.1 Å². The van der Waals surface area contributed by atoms with Gasteiger partial charge in [0.2, 0.25) is 5.91 Å². The lowest BCUT2D eigenvalue weighted by Crippen LogP contribution is -2.12. The predicted molar refractivity (Wildman–Crippen MR) is 83.2 cm³/mol. The quantitative estimate of drug-likeness (QED) is 0.396. The zero-order valence-corrected chi connectivity index (χ0v) is 12.3. The van der Waals surface area contributed by atoms with Gasteiger partial charge in [-0.05, 0) is 24.3 Å². The Balaban J connectivity index is 2.02. The minimum atomic E-state index is -0.605. The molecule has 2 rings (SSSR count). The highest BCUT2D eigenvalue weighted by Crippen LogP contribution is 2.20. The molecule has 0 aliphatic rings. The van der Waals surface area contributed by atoms with Gasteiger partial charge in [0.05, 0.1) is 11.3 Å². The van der Waals surface area contributed by atoms with E-state index in [-0.39, 0.29) is 23.6 Å². The summed E-state index contributed by atoms with van der Waals surface area (Å²) in [5, 5.41) is 13.5. The zero-order valence-electron chi connectivity index (χ0n) is 12.3. The van der Waals surface area contributed by atoms with Gasteiger partial charge in [-0.1, -0.05) is 18.2 Å². The third-order valence-corrected chi connectivity index (χ3v) is 2.93. The second-order valence-corrected chi connectivity index (χ2v) is 4.74. The molecule has 0 radical (unpaired) electrons. The number of anilines is 1. The fraction of sp³-hybridized carbons (Fsp3) is 0.125. The van der Waals surface area contributed by atoms with Crippen LogP contribution >= 0.6 is 0 Å². The molecule has 0 spiro atoms. The first-order valence-corrected chi connectivity index (χ1v) is 6.76. The highest BCUT2D eigenvalue weighted by Gasteiger charge is 2.16. The highest BCUT2D eigenvalue weighted by molar-refractivity contribution is 5.88. The van der Waals surface area contributed by atoms with Crippen molar-refractivity contribution >= 4 is 23.3 Å². The Hall–Kier alpha value is -3.22. The molecule has 1 N–H and O–H groups in total. The molecule has 0 atom stereocenters. The maximum Gasteiger partial charge on any atom is 0.315 e. The van der Waals surface area contributed by atoms with Crippen molar-refractivity contribution in [3.63, 3.8) is 0 Å². The van der Waals surface area contributed by atoms with Crippen LogP contribution in [0, 0.1) is 10.1 Å². The molecule has 7 heteroatoms. The van der Waals surface area contributed by atoms with Gasteiger partial charge in [-0.25, -0.2) is 0 Å². The highest BCUT2D eigenvalue weighted by atomic mass is 16.6. The number of amides is 1. The van der Waals surface area contributed by atoms with Gasteiger partial charge in [-0.2, -0.15) is 0 Å². The molecule has 0 fully saturated rings. The van der Waals surface area contributed by atoms with Crippen molar-refractivity contribution in [1.29, 1.82) is 0 Å². The van der Waals surface area contributed by atoms with Gasteiger partial charge in [-0.3, -0.25) is 19.7 Å². The summed E-state index contributed by atoms with van der Waals surface area (Å²) in [4.78, 5) is 33.2. The lowest BCUT2D eigenvalue weighted by molar-refractivity contribution is -0.385. The fourth-order valence-corrected chi connectivity index (χ4v) is 1.97. The van der Waals surface area contributed by atoms with Crippen LogP contribution in [0.5, 0.6) is 5.75 Å². The SMILES string of the molecule is CC(=O)Nc1ccc(OC(=O)Cc2ccccc2[N+](=O)[O-])cc1. The third kappa shape index (κ3) is 4.63. The normalized spacial score (nSPS) is 9.96. The van der Waals surface area contributed by atoms with Crippen LogP contribution in [0.15, 0.2) is 48.5 Å². The van der Waals surface area contributed by atoms with Gasteiger partial charge in [0.15, 0.2) is 0 Å². The maximum atomic E-state index is 11.9. The summed E-state index contributed by atoms with van der Waals surface area (Å²) >= 11 is 0. The Labute approximate surface area is 132 Å². The molecule has 23 heavy (non-hydrogen) atoms. The molecule has 0 aliphatic heterocycles. The number of nitro groups is 1. The second-order valence-electron chi connectivity index (χ2n) is 4.74. The number of nitro benzene ring substituents is 1. The summed E-state index contributed by atoms with van der Waals surface area (Å²) in [5.74, 6) is -0.514. The number of hydrogen-bond donors (Lipinski definition) is 1.